The van der Waals surface area contributed by atoms with Crippen LogP contribution >= 0.6 is 11.6 Å². The lowest BCUT2D eigenvalue weighted by atomic mass is 10.2. The first-order valence-electron chi connectivity index (χ1n) is 6.39. The summed E-state index contributed by atoms with van der Waals surface area (Å²) in [5.41, 5.74) is 4.73. The van der Waals surface area contributed by atoms with Gasteiger partial charge in [-0.05, 0) is 20.8 Å². The van der Waals surface area contributed by atoms with Crippen LogP contribution in [-0.4, -0.2) is 24.5 Å². The standard InChI is InChI=1S/C13H16ClN5O/c1-7-10(9(3)20-17-7)6-19-11(5-14)15-12-8(2)16-18(4)13(12)19/h5-6H2,1-4H3. The van der Waals surface area contributed by atoms with Crippen molar-refractivity contribution in [2.24, 2.45) is 7.05 Å². The van der Waals surface area contributed by atoms with E-state index in [-0.39, 0.29) is 0 Å². The van der Waals surface area contributed by atoms with Crippen LogP contribution in [0.5, 0.6) is 0 Å². The number of nitrogens with zero attached hydrogens (tertiary/aromatic N) is 5. The quantitative estimate of drug-likeness (QED) is 0.696. The normalized spacial score (nSPS) is 11.7. The van der Waals surface area contributed by atoms with Crippen LogP contribution in [0.15, 0.2) is 4.52 Å². The molecular weight excluding hydrogens is 278 g/mol. The van der Waals surface area contributed by atoms with Gasteiger partial charge in [0, 0.05) is 12.6 Å². The zero-order valence-corrected chi connectivity index (χ0v) is 12.7. The Bertz CT molecular complexity index is 763. The Morgan fingerprint density at radius 1 is 1.20 bits per heavy atom. The highest BCUT2D eigenvalue weighted by molar-refractivity contribution is 6.16. The predicted octanol–water partition coefficient (Wildman–Crippen LogP) is 2.47. The van der Waals surface area contributed by atoms with Gasteiger partial charge in [0.2, 0.25) is 0 Å². The molecule has 6 nitrogen and oxygen atoms in total. The fourth-order valence-corrected chi connectivity index (χ4v) is 2.74. The van der Waals surface area contributed by atoms with Crippen LogP contribution in [0.4, 0.5) is 0 Å². The molecule has 0 saturated heterocycles. The summed E-state index contributed by atoms with van der Waals surface area (Å²) in [5, 5.41) is 8.41. The summed E-state index contributed by atoms with van der Waals surface area (Å²) in [6.07, 6.45) is 0. The minimum absolute atomic E-state index is 0.359. The van der Waals surface area contributed by atoms with Crippen molar-refractivity contribution >= 4 is 22.8 Å². The van der Waals surface area contributed by atoms with E-state index in [0.29, 0.717) is 12.4 Å². The zero-order chi connectivity index (χ0) is 14.4. The van der Waals surface area contributed by atoms with Gasteiger partial charge in [-0.25, -0.2) is 4.98 Å². The molecule has 0 aliphatic rings. The lowest BCUT2D eigenvalue weighted by Crippen LogP contribution is -2.08. The third kappa shape index (κ3) is 1.83. The number of aromatic nitrogens is 5. The minimum Gasteiger partial charge on any atom is -0.361 e. The van der Waals surface area contributed by atoms with E-state index in [2.05, 4.69) is 19.8 Å². The number of imidazole rings is 1. The highest BCUT2D eigenvalue weighted by Crippen LogP contribution is 2.23. The molecule has 0 fully saturated rings. The van der Waals surface area contributed by atoms with E-state index in [9.17, 15) is 0 Å². The fraction of sp³-hybridized carbons (Fsp3) is 0.462. The van der Waals surface area contributed by atoms with Gasteiger partial charge in [-0.15, -0.1) is 11.6 Å². The van der Waals surface area contributed by atoms with Gasteiger partial charge in [-0.3, -0.25) is 4.68 Å². The molecule has 20 heavy (non-hydrogen) atoms. The van der Waals surface area contributed by atoms with Crippen molar-refractivity contribution in [2.45, 2.75) is 33.2 Å². The van der Waals surface area contributed by atoms with Crippen molar-refractivity contribution < 1.29 is 4.52 Å². The van der Waals surface area contributed by atoms with Gasteiger partial charge in [0.15, 0.2) is 5.65 Å². The Morgan fingerprint density at radius 2 is 1.95 bits per heavy atom. The first kappa shape index (κ1) is 13.2. The van der Waals surface area contributed by atoms with E-state index in [1.54, 1.807) is 0 Å². The van der Waals surface area contributed by atoms with E-state index in [1.165, 1.54) is 0 Å². The zero-order valence-electron chi connectivity index (χ0n) is 11.9. The Hall–Kier alpha value is -1.82. The number of aryl methyl sites for hydroxylation is 4. The van der Waals surface area contributed by atoms with Crippen molar-refractivity contribution in [2.75, 3.05) is 0 Å². The van der Waals surface area contributed by atoms with Crippen LogP contribution in [-0.2, 0) is 19.5 Å². The molecular formula is C13H16ClN5O. The SMILES string of the molecule is Cc1noc(C)c1Cn1c(CCl)nc2c(C)nn(C)c21. The summed E-state index contributed by atoms with van der Waals surface area (Å²) in [5.74, 6) is 2.01. The van der Waals surface area contributed by atoms with Crippen LogP contribution in [0.1, 0.15) is 28.5 Å². The summed E-state index contributed by atoms with van der Waals surface area (Å²) < 4.78 is 9.14. The van der Waals surface area contributed by atoms with Gasteiger partial charge < -0.3 is 9.09 Å². The largest absolute Gasteiger partial charge is 0.361 e. The molecule has 0 aliphatic heterocycles. The Morgan fingerprint density at radius 3 is 2.55 bits per heavy atom. The lowest BCUT2D eigenvalue weighted by molar-refractivity contribution is 0.392. The van der Waals surface area contributed by atoms with E-state index in [4.69, 9.17) is 16.1 Å². The molecule has 3 aromatic rings. The summed E-state index contributed by atoms with van der Waals surface area (Å²) in [6.45, 7) is 6.44. The second-order valence-corrected chi connectivity index (χ2v) is 5.20. The molecule has 0 aromatic carbocycles. The highest BCUT2D eigenvalue weighted by Gasteiger charge is 2.19. The Labute approximate surface area is 121 Å². The number of hydrogen-bond acceptors (Lipinski definition) is 4. The topological polar surface area (TPSA) is 61.7 Å². The number of hydrogen-bond donors (Lipinski definition) is 0. The van der Waals surface area contributed by atoms with Crippen molar-refractivity contribution in [3.05, 3.63) is 28.5 Å². The number of fused-ring (bicyclic) bond motifs is 1. The Kier molecular flexibility index (Phi) is 3.05. The smallest absolute Gasteiger partial charge is 0.159 e. The fourth-order valence-electron chi connectivity index (χ4n) is 2.53. The van der Waals surface area contributed by atoms with Crippen LogP contribution in [0.25, 0.3) is 11.2 Å². The predicted molar refractivity (Wildman–Crippen MR) is 75.9 cm³/mol. The molecule has 7 heteroatoms. The van der Waals surface area contributed by atoms with Gasteiger partial charge in [0.05, 0.1) is 23.8 Å². The molecule has 0 N–H and O–H groups in total. The van der Waals surface area contributed by atoms with Gasteiger partial charge in [-0.2, -0.15) is 5.10 Å². The van der Waals surface area contributed by atoms with Crippen LogP contribution in [0, 0.1) is 20.8 Å². The molecule has 106 valence electrons. The van der Waals surface area contributed by atoms with Gasteiger partial charge >= 0.3 is 0 Å². The summed E-state index contributed by atoms with van der Waals surface area (Å²) in [7, 11) is 1.92. The second kappa shape index (κ2) is 4.63. The molecule has 0 amide bonds. The average Bonchev–Trinajstić information content (AvgIpc) is 3.01. The van der Waals surface area contributed by atoms with E-state index in [1.807, 2.05) is 32.5 Å². The van der Waals surface area contributed by atoms with Crippen LogP contribution < -0.4 is 0 Å². The molecule has 3 heterocycles. The van der Waals surface area contributed by atoms with Crippen LogP contribution in [0.3, 0.4) is 0 Å². The molecule has 0 unspecified atom stereocenters. The molecule has 3 rings (SSSR count). The summed E-state index contributed by atoms with van der Waals surface area (Å²) >= 11 is 6.03. The van der Waals surface area contributed by atoms with Crippen molar-refractivity contribution in [1.82, 2.24) is 24.5 Å². The highest BCUT2D eigenvalue weighted by atomic mass is 35.5. The first-order chi connectivity index (χ1) is 9.52. The van der Waals surface area contributed by atoms with Crippen molar-refractivity contribution in [3.63, 3.8) is 0 Å². The first-order valence-corrected chi connectivity index (χ1v) is 6.92. The molecule has 0 aliphatic carbocycles. The maximum absolute atomic E-state index is 6.03. The number of rotatable bonds is 3. The maximum atomic E-state index is 6.03. The molecule has 0 spiro atoms. The lowest BCUT2D eigenvalue weighted by Gasteiger charge is -2.07. The Balaban J connectivity index is 2.19. The maximum Gasteiger partial charge on any atom is 0.159 e. The van der Waals surface area contributed by atoms with Gasteiger partial charge in [-0.1, -0.05) is 5.16 Å². The number of alkyl halides is 1. The van der Waals surface area contributed by atoms with Crippen molar-refractivity contribution in [1.29, 1.82) is 0 Å². The van der Waals surface area contributed by atoms with Crippen LogP contribution in [0.2, 0.25) is 0 Å². The van der Waals surface area contributed by atoms with E-state index >= 15 is 0 Å². The number of halogens is 1. The molecule has 0 radical (unpaired) electrons. The van der Waals surface area contributed by atoms with E-state index < -0.39 is 0 Å². The van der Waals surface area contributed by atoms with Gasteiger partial charge in [0.1, 0.15) is 17.1 Å². The van der Waals surface area contributed by atoms with E-state index in [0.717, 1.165) is 39.7 Å². The summed E-state index contributed by atoms with van der Waals surface area (Å²) in [4.78, 5) is 4.59. The molecule has 0 atom stereocenters. The third-order valence-corrected chi connectivity index (χ3v) is 3.83. The molecule has 0 saturated carbocycles. The third-order valence-electron chi connectivity index (χ3n) is 3.59. The van der Waals surface area contributed by atoms with Crippen molar-refractivity contribution in [3.8, 4) is 0 Å². The second-order valence-electron chi connectivity index (χ2n) is 4.93. The monoisotopic (exact) mass is 293 g/mol. The summed E-state index contributed by atoms with van der Waals surface area (Å²) in [6, 6.07) is 0. The molecule has 0 bridgehead atoms. The minimum atomic E-state index is 0.359. The average molecular weight is 294 g/mol. The van der Waals surface area contributed by atoms with Gasteiger partial charge in [0.25, 0.3) is 0 Å². The molecule has 3 aromatic heterocycles.